The van der Waals surface area contributed by atoms with E-state index in [1.165, 1.54) is 0 Å². The Morgan fingerprint density at radius 2 is 1.71 bits per heavy atom. The first-order chi connectivity index (χ1) is 9.80. The second kappa shape index (κ2) is 6.38. The van der Waals surface area contributed by atoms with Gasteiger partial charge in [0.25, 0.3) is 0 Å². The van der Waals surface area contributed by atoms with Gasteiger partial charge in [0, 0.05) is 0 Å². The van der Waals surface area contributed by atoms with E-state index in [0.29, 0.717) is 0 Å². The molecule has 2 saturated heterocycles. The third-order valence-electron chi connectivity index (χ3n) is 3.69. The molecule has 2 fully saturated rings. The molecule has 21 heavy (non-hydrogen) atoms. The largest absolute Gasteiger partial charge is 0.393 e. The Morgan fingerprint density at radius 3 is 2.29 bits per heavy atom. The van der Waals surface area contributed by atoms with E-state index >= 15 is 0 Å². The van der Waals surface area contributed by atoms with Gasteiger partial charge < -0.3 is 50.0 Å². The van der Waals surface area contributed by atoms with Crippen LogP contribution in [0.5, 0.6) is 0 Å². The molecule has 10 heteroatoms. The van der Waals surface area contributed by atoms with Gasteiger partial charge in [0.15, 0.2) is 12.6 Å². The maximum Gasteiger partial charge on any atom is 0.186 e. The fraction of sp³-hybridized carbons (Fsp3) is 1.00. The predicted molar refractivity (Wildman–Crippen MR) is 62.6 cm³/mol. The van der Waals surface area contributed by atoms with Gasteiger partial charge >= 0.3 is 0 Å². The summed E-state index contributed by atoms with van der Waals surface area (Å²) in [6.07, 6.45) is -10.4. The summed E-state index contributed by atoms with van der Waals surface area (Å²) in [6.45, 7) is -1.45. The molecule has 0 saturated carbocycles. The van der Waals surface area contributed by atoms with Crippen molar-refractivity contribution < 1.29 is 50.0 Å². The van der Waals surface area contributed by atoms with Crippen LogP contribution >= 0.6 is 0 Å². The van der Waals surface area contributed by atoms with Crippen molar-refractivity contribution >= 4 is 0 Å². The normalized spacial score (nSPS) is 51.3. The standard InChI is InChI=1S/C11H20O10/c12-2-11(18)3-20-10(8(11)16)19-1-4-5(13)6(14)7(15)9(17)21-4/h4-10,12-18H,1-3H2/t4-,5-,6+,7-,8+,9?,10-,11-/m1/s1. The Balaban J connectivity index is 1.89. The second-order valence-corrected chi connectivity index (χ2v) is 5.26. The lowest BCUT2D eigenvalue weighted by molar-refractivity contribution is -0.297. The zero-order valence-corrected chi connectivity index (χ0v) is 11.0. The molecule has 0 aromatic rings. The number of hydrogen-bond donors (Lipinski definition) is 7. The van der Waals surface area contributed by atoms with Crippen LogP contribution in [0.3, 0.4) is 0 Å². The molecule has 0 aromatic carbocycles. The minimum atomic E-state index is -1.84. The average Bonchev–Trinajstić information content (AvgIpc) is 2.76. The molecule has 2 aliphatic heterocycles. The molecule has 0 aromatic heterocycles. The number of ether oxygens (including phenoxy) is 3. The summed E-state index contributed by atoms with van der Waals surface area (Å²) in [5.41, 5.74) is -1.84. The van der Waals surface area contributed by atoms with E-state index in [1.54, 1.807) is 0 Å². The molecule has 0 aliphatic carbocycles. The van der Waals surface area contributed by atoms with Crippen LogP contribution in [0.1, 0.15) is 0 Å². The summed E-state index contributed by atoms with van der Waals surface area (Å²) >= 11 is 0. The fourth-order valence-electron chi connectivity index (χ4n) is 2.19. The minimum absolute atomic E-state index is 0.340. The highest BCUT2D eigenvalue weighted by Gasteiger charge is 2.49. The molecule has 1 unspecified atom stereocenters. The monoisotopic (exact) mass is 312 g/mol. The minimum Gasteiger partial charge on any atom is -0.393 e. The van der Waals surface area contributed by atoms with Crippen molar-refractivity contribution in [3.8, 4) is 0 Å². The van der Waals surface area contributed by atoms with Crippen LogP contribution in [-0.2, 0) is 14.2 Å². The van der Waals surface area contributed by atoms with Gasteiger partial charge in [-0.1, -0.05) is 0 Å². The number of aliphatic hydroxyl groups excluding tert-OH is 6. The smallest absolute Gasteiger partial charge is 0.186 e. The lowest BCUT2D eigenvalue weighted by Crippen LogP contribution is -2.59. The van der Waals surface area contributed by atoms with E-state index in [2.05, 4.69) is 0 Å². The van der Waals surface area contributed by atoms with Crippen molar-refractivity contribution in [2.24, 2.45) is 0 Å². The highest BCUT2D eigenvalue weighted by Crippen LogP contribution is 2.26. The molecule has 0 radical (unpaired) electrons. The molecule has 2 heterocycles. The molecule has 0 amide bonds. The van der Waals surface area contributed by atoms with Crippen LogP contribution in [0.25, 0.3) is 0 Å². The van der Waals surface area contributed by atoms with Crippen molar-refractivity contribution in [1.82, 2.24) is 0 Å². The van der Waals surface area contributed by atoms with Crippen LogP contribution in [-0.4, -0.2) is 104 Å². The number of aliphatic hydroxyl groups is 7. The van der Waals surface area contributed by atoms with Crippen molar-refractivity contribution in [2.45, 2.75) is 48.7 Å². The Kier molecular flexibility index (Phi) is 5.15. The summed E-state index contributed by atoms with van der Waals surface area (Å²) < 4.78 is 15.0. The number of hydrogen-bond acceptors (Lipinski definition) is 10. The van der Waals surface area contributed by atoms with Crippen LogP contribution in [0.2, 0.25) is 0 Å². The third kappa shape index (κ3) is 3.19. The van der Waals surface area contributed by atoms with Crippen molar-refractivity contribution in [2.75, 3.05) is 19.8 Å². The van der Waals surface area contributed by atoms with Gasteiger partial charge in [-0.05, 0) is 0 Å². The lowest BCUT2D eigenvalue weighted by Gasteiger charge is -2.38. The Morgan fingerprint density at radius 1 is 1.05 bits per heavy atom. The van der Waals surface area contributed by atoms with Crippen LogP contribution in [0.4, 0.5) is 0 Å². The van der Waals surface area contributed by atoms with Crippen molar-refractivity contribution in [3.05, 3.63) is 0 Å². The van der Waals surface area contributed by atoms with Gasteiger partial charge in [-0.25, -0.2) is 0 Å². The Labute approximate surface area is 119 Å². The van der Waals surface area contributed by atoms with Gasteiger partial charge in [0.1, 0.15) is 36.1 Å². The Hall–Kier alpha value is -0.400. The highest BCUT2D eigenvalue weighted by molar-refractivity contribution is 4.94. The van der Waals surface area contributed by atoms with Gasteiger partial charge in [-0.15, -0.1) is 0 Å². The molecule has 2 rings (SSSR count). The average molecular weight is 312 g/mol. The predicted octanol–water partition coefficient (Wildman–Crippen LogP) is -4.76. The van der Waals surface area contributed by atoms with E-state index in [-0.39, 0.29) is 13.2 Å². The zero-order valence-electron chi connectivity index (χ0n) is 11.0. The first kappa shape index (κ1) is 17.0. The molecule has 7 N–H and O–H groups in total. The van der Waals surface area contributed by atoms with E-state index in [1.807, 2.05) is 0 Å². The summed E-state index contributed by atoms with van der Waals surface area (Å²) in [4.78, 5) is 0. The molecule has 124 valence electrons. The third-order valence-corrected chi connectivity index (χ3v) is 3.69. The lowest BCUT2D eigenvalue weighted by atomic mass is 9.99. The second-order valence-electron chi connectivity index (χ2n) is 5.26. The summed E-state index contributed by atoms with van der Waals surface area (Å²) in [6, 6.07) is 0. The van der Waals surface area contributed by atoms with E-state index in [0.717, 1.165) is 0 Å². The highest BCUT2D eigenvalue weighted by atomic mass is 16.7. The summed E-state index contributed by atoms with van der Waals surface area (Å²) in [5, 5.41) is 66.3. The van der Waals surface area contributed by atoms with Gasteiger partial charge in [0.2, 0.25) is 0 Å². The maximum atomic E-state index is 9.75. The van der Waals surface area contributed by atoms with Crippen molar-refractivity contribution in [1.29, 1.82) is 0 Å². The summed E-state index contributed by atoms with van der Waals surface area (Å²) in [7, 11) is 0. The number of rotatable bonds is 4. The van der Waals surface area contributed by atoms with Gasteiger partial charge in [-0.2, -0.15) is 0 Å². The molecule has 0 spiro atoms. The van der Waals surface area contributed by atoms with Crippen LogP contribution < -0.4 is 0 Å². The van der Waals surface area contributed by atoms with Gasteiger partial charge in [-0.3, -0.25) is 0 Å². The molecule has 2 aliphatic rings. The van der Waals surface area contributed by atoms with E-state index < -0.39 is 55.3 Å². The molecular formula is C11H20O10. The molecular weight excluding hydrogens is 292 g/mol. The van der Waals surface area contributed by atoms with E-state index in [9.17, 15) is 30.6 Å². The van der Waals surface area contributed by atoms with Crippen LogP contribution in [0.15, 0.2) is 0 Å². The molecule has 0 bridgehead atoms. The first-order valence-electron chi connectivity index (χ1n) is 6.42. The SMILES string of the molecule is OC[C@@]1(O)CO[C@@H](OC[C@H]2OC(O)[C@H](O)[C@@H](O)[C@@H]2O)[C@@H]1O. The fourth-order valence-corrected chi connectivity index (χ4v) is 2.19. The van der Waals surface area contributed by atoms with Crippen molar-refractivity contribution in [3.63, 3.8) is 0 Å². The zero-order chi connectivity index (χ0) is 15.8. The molecule has 8 atom stereocenters. The van der Waals surface area contributed by atoms with Gasteiger partial charge in [0.05, 0.1) is 19.8 Å². The Bertz CT molecular complexity index is 354. The van der Waals surface area contributed by atoms with Crippen LogP contribution in [0, 0.1) is 0 Å². The summed E-state index contributed by atoms with van der Waals surface area (Å²) in [5.74, 6) is 0. The van der Waals surface area contributed by atoms with E-state index in [4.69, 9.17) is 19.3 Å². The quantitative estimate of drug-likeness (QED) is 0.267. The maximum absolute atomic E-state index is 9.75. The first-order valence-corrected chi connectivity index (χ1v) is 6.42. The molecule has 10 nitrogen and oxygen atoms in total. The topological polar surface area (TPSA) is 169 Å².